The number of carbonyl (C=O) groups is 1. The van der Waals surface area contributed by atoms with E-state index >= 15 is 0 Å². The maximum Gasteiger partial charge on any atom is 0.574 e. The summed E-state index contributed by atoms with van der Waals surface area (Å²) in [4.78, 5) is 14.0. The highest BCUT2D eigenvalue weighted by Gasteiger charge is 2.33. The Bertz CT molecular complexity index is 421. The van der Waals surface area contributed by atoms with Crippen LogP contribution in [-0.2, 0) is 6.54 Å². The van der Waals surface area contributed by atoms with Gasteiger partial charge in [-0.3, -0.25) is 4.79 Å². The fourth-order valence-corrected chi connectivity index (χ4v) is 1.24. The minimum Gasteiger partial charge on any atom is -0.495 e. The van der Waals surface area contributed by atoms with E-state index < -0.39 is 12.2 Å². The molecule has 0 fully saturated rings. The average molecular weight is 250 g/mol. The third-order valence-electron chi connectivity index (χ3n) is 1.86. The fourth-order valence-electron chi connectivity index (χ4n) is 1.24. The normalized spacial score (nSPS) is 11.1. The molecule has 1 rings (SSSR count). The highest BCUT2D eigenvalue weighted by molar-refractivity contribution is 5.80. The number of aromatic nitrogens is 1. The average Bonchev–Trinajstić information content (AvgIpc) is 2.26. The van der Waals surface area contributed by atoms with Crippen LogP contribution in [0.15, 0.2) is 6.20 Å². The van der Waals surface area contributed by atoms with Gasteiger partial charge in [0.05, 0.1) is 18.2 Å². The molecule has 94 valence electrons. The van der Waals surface area contributed by atoms with E-state index in [-0.39, 0.29) is 23.4 Å². The van der Waals surface area contributed by atoms with Gasteiger partial charge < -0.3 is 15.2 Å². The predicted octanol–water partition coefficient (Wildman–Crippen LogP) is 1.26. The number of halogens is 3. The molecule has 8 heteroatoms. The van der Waals surface area contributed by atoms with Gasteiger partial charge in [-0.15, -0.1) is 13.2 Å². The molecule has 0 aliphatic carbocycles. The van der Waals surface area contributed by atoms with Crippen molar-refractivity contribution < 1.29 is 27.4 Å². The van der Waals surface area contributed by atoms with Gasteiger partial charge in [-0.25, -0.2) is 4.98 Å². The number of hydrogen-bond donors (Lipinski definition) is 1. The summed E-state index contributed by atoms with van der Waals surface area (Å²) in [6.45, 7) is -0.302. The molecule has 0 amide bonds. The zero-order valence-corrected chi connectivity index (χ0v) is 8.75. The van der Waals surface area contributed by atoms with Gasteiger partial charge in [0.15, 0.2) is 6.29 Å². The van der Waals surface area contributed by atoms with Crippen LogP contribution in [-0.4, -0.2) is 24.7 Å². The summed E-state index contributed by atoms with van der Waals surface area (Å²) in [5.74, 6) is -0.792. The zero-order valence-electron chi connectivity index (χ0n) is 8.75. The molecular formula is C9H9F3N2O3. The van der Waals surface area contributed by atoms with Crippen LogP contribution in [0, 0.1) is 0 Å². The Hall–Kier alpha value is -1.83. The Labute approximate surface area is 94.3 Å². The van der Waals surface area contributed by atoms with Gasteiger partial charge in [0.25, 0.3) is 0 Å². The van der Waals surface area contributed by atoms with Crippen molar-refractivity contribution in [2.24, 2.45) is 5.73 Å². The number of carbonyl (C=O) groups excluding carboxylic acids is 1. The van der Waals surface area contributed by atoms with Crippen molar-refractivity contribution in [3.63, 3.8) is 0 Å². The fraction of sp³-hybridized carbons (Fsp3) is 0.333. The summed E-state index contributed by atoms with van der Waals surface area (Å²) < 4.78 is 44.7. The highest BCUT2D eigenvalue weighted by Crippen LogP contribution is 2.32. The molecular weight excluding hydrogens is 241 g/mol. The Balaban J connectivity index is 3.28. The van der Waals surface area contributed by atoms with Crippen LogP contribution < -0.4 is 15.2 Å². The summed E-state index contributed by atoms with van der Waals surface area (Å²) >= 11 is 0. The van der Waals surface area contributed by atoms with E-state index in [0.717, 1.165) is 6.20 Å². The summed E-state index contributed by atoms with van der Waals surface area (Å²) in [7, 11) is 1.21. The second-order valence-corrected chi connectivity index (χ2v) is 2.90. The van der Waals surface area contributed by atoms with Crippen LogP contribution in [0.2, 0.25) is 0 Å². The molecule has 1 aromatic heterocycles. The number of alkyl halides is 3. The molecule has 0 unspecified atom stereocenters. The lowest BCUT2D eigenvalue weighted by Crippen LogP contribution is -2.20. The van der Waals surface area contributed by atoms with Crippen LogP contribution >= 0.6 is 0 Å². The Morgan fingerprint density at radius 2 is 2.18 bits per heavy atom. The largest absolute Gasteiger partial charge is 0.574 e. The molecule has 0 radical (unpaired) electrons. The number of methoxy groups -OCH3 is 1. The smallest absolute Gasteiger partial charge is 0.495 e. The topological polar surface area (TPSA) is 74.4 Å². The molecule has 0 aliphatic heterocycles. The Kier molecular flexibility index (Phi) is 3.89. The quantitative estimate of drug-likeness (QED) is 0.814. The molecule has 0 saturated heterocycles. The molecule has 5 nitrogen and oxygen atoms in total. The van der Waals surface area contributed by atoms with Crippen molar-refractivity contribution in [3.05, 3.63) is 17.3 Å². The van der Waals surface area contributed by atoms with E-state index in [1.807, 2.05) is 0 Å². The van der Waals surface area contributed by atoms with Crippen molar-refractivity contribution in [2.45, 2.75) is 12.9 Å². The van der Waals surface area contributed by atoms with Gasteiger partial charge >= 0.3 is 6.36 Å². The monoisotopic (exact) mass is 250 g/mol. The molecule has 0 saturated carbocycles. The van der Waals surface area contributed by atoms with Gasteiger partial charge in [0.2, 0.25) is 5.88 Å². The second kappa shape index (κ2) is 5.00. The SMILES string of the molecule is COc1c(C=O)cnc(OC(F)(F)F)c1CN. The van der Waals surface area contributed by atoms with Crippen molar-refractivity contribution >= 4 is 6.29 Å². The summed E-state index contributed by atoms with van der Waals surface area (Å²) in [6, 6.07) is 0. The maximum absolute atomic E-state index is 12.1. The highest BCUT2D eigenvalue weighted by atomic mass is 19.4. The number of rotatable bonds is 4. The van der Waals surface area contributed by atoms with Crippen molar-refractivity contribution in [3.8, 4) is 11.6 Å². The van der Waals surface area contributed by atoms with Crippen LogP contribution in [0.5, 0.6) is 11.6 Å². The molecule has 0 atom stereocenters. The molecule has 0 spiro atoms. The van der Waals surface area contributed by atoms with E-state index in [1.54, 1.807) is 0 Å². The van der Waals surface area contributed by atoms with Gasteiger partial charge in [-0.2, -0.15) is 0 Å². The van der Waals surface area contributed by atoms with Gasteiger partial charge in [-0.05, 0) is 0 Å². The van der Waals surface area contributed by atoms with E-state index in [1.165, 1.54) is 7.11 Å². The lowest BCUT2D eigenvalue weighted by molar-refractivity contribution is -0.276. The Morgan fingerprint density at radius 3 is 2.59 bits per heavy atom. The molecule has 1 heterocycles. The lowest BCUT2D eigenvalue weighted by atomic mass is 10.1. The first kappa shape index (κ1) is 13.2. The van der Waals surface area contributed by atoms with E-state index in [4.69, 9.17) is 10.5 Å². The van der Waals surface area contributed by atoms with Gasteiger partial charge in [-0.1, -0.05) is 0 Å². The van der Waals surface area contributed by atoms with Gasteiger partial charge in [0.1, 0.15) is 5.75 Å². The lowest BCUT2D eigenvalue weighted by Gasteiger charge is -2.14. The third kappa shape index (κ3) is 3.06. The molecule has 0 bridgehead atoms. The molecule has 17 heavy (non-hydrogen) atoms. The predicted molar refractivity (Wildman–Crippen MR) is 50.8 cm³/mol. The summed E-state index contributed by atoms with van der Waals surface area (Å²) in [5.41, 5.74) is 5.17. The third-order valence-corrected chi connectivity index (χ3v) is 1.86. The molecule has 0 aromatic carbocycles. The molecule has 0 aliphatic rings. The number of nitrogens with zero attached hydrogens (tertiary/aromatic N) is 1. The van der Waals surface area contributed by atoms with E-state index in [0.29, 0.717) is 6.29 Å². The standard InChI is InChI=1S/C9H9F3N2O3/c1-16-7-5(4-15)3-14-8(6(7)2-13)17-9(10,11)12/h3-4H,2,13H2,1H3. The molecule has 1 aromatic rings. The van der Waals surface area contributed by atoms with Gasteiger partial charge in [0, 0.05) is 12.7 Å². The van der Waals surface area contributed by atoms with Crippen molar-refractivity contribution in [1.82, 2.24) is 4.98 Å². The minimum absolute atomic E-state index is 0.00229. The van der Waals surface area contributed by atoms with Crippen LogP contribution in [0.1, 0.15) is 15.9 Å². The molecule has 2 N–H and O–H groups in total. The second-order valence-electron chi connectivity index (χ2n) is 2.90. The van der Waals surface area contributed by atoms with Crippen molar-refractivity contribution in [1.29, 1.82) is 0 Å². The zero-order chi connectivity index (χ0) is 13.1. The first-order chi connectivity index (χ1) is 7.92. The first-order valence-corrected chi connectivity index (χ1v) is 4.39. The maximum atomic E-state index is 12.1. The number of hydrogen-bond acceptors (Lipinski definition) is 5. The number of ether oxygens (including phenoxy) is 2. The summed E-state index contributed by atoms with van der Waals surface area (Å²) in [5, 5.41) is 0. The van der Waals surface area contributed by atoms with Crippen LogP contribution in [0.3, 0.4) is 0 Å². The van der Waals surface area contributed by atoms with Crippen molar-refractivity contribution in [2.75, 3.05) is 7.11 Å². The van der Waals surface area contributed by atoms with E-state index in [9.17, 15) is 18.0 Å². The minimum atomic E-state index is -4.88. The number of pyridine rings is 1. The number of aldehydes is 1. The number of nitrogens with two attached hydrogens (primary N) is 1. The summed E-state index contributed by atoms with van der Waals surface area (Å²) in [6.07, 6.45) is -3.56. The Morgan fingerprint density at radius 1 is 1.53 bits per heavy atom. The van der Waals surface area contributed by atoms with E-state index in [2.05, 4.69) is 9.72 Å². The van der Waals surface area contributed by atoms with Crippen LogP contribution in [0.4, 0.5) is 13.2 Å². The first-order valence-electron chi connectivity index (χ1n) is 4.39. The van der Waals surface area contributed by atoms with Crippen LogP contribution in [0.25, 0.3) is 0 Å².